The lowest BCUT2D eigenvalue weighted by Gasteiger charge is -2.35. The first-order chi connectivity index (χ1) is 14.9. The van der Waals surface area contributed by atoms with Crippen molar-refractivity contribution in [3.05, 3.63) is 84.3 Å². The third kappa shape index (κ3) is 4.73. The summed E-state index contributed by atoms with van der Waals surface area (Å²) in [5.41, 5.74) is 1.09. The average molecular weight is 441 g/mol. The molecule has 0 atom stereocenters. The molecule has 1 aromatic heterocycles. The Hall–Kier alpha value is -3.30. The first kappa shape index (κ1) is 21.0. The summed E-state index contributed by atoms with van der Waals surface area (Å²) in [6.45, 7) is 1.57. The first-order valence-corrected chi connectivity index (χ1v) is 11.2. The van der Waals surface area contributed by atoms with Crippen molar-refractivity contribution >= 4 is 27.4 Å². The zero-order valence-corrected chi connectivity index (χ0v) is 17.4. The molecule has 0 saturated carbocycles. The average Bonchev–Trinajstić information content (AvgIpc) is 2.80. The molecule has 0 aliphatic carbocycles. The summed E-state index contributed by atoms with van der Waals surface area (Å²) in [7, 11) is -3.75. The number of carbonyl (C=O) groups excluding carboxylic acids is 1. The quantitative estimate of drug-likeness (QED) is 0.660. The number of rotatable bonds is 5. The third-order valence-corrected chi connectivity index (χ3v) is 6.97. The molecule has 1 amide bonds. The van der Waals surface area contributed by atoms with Crippen molar-refractivity contribution in [1.29, 1.82) is 0 Å². The van der Waals surface area contributed by atoms with Gasteiger partial charge < -0.3 is 10.2 Å². The fraction of sp³-hybridized carbons (Fsp3) is 0.182. The fourth-order valence-corrected chi connectivity index (χ4v) is 4.88. The van der Waals surface area contributed by atoms with Crippen LogP contribution in [0.4, 0.5) is 15.9 Å². The second-order valence-corrected chi connectivity index (χ2v) is 9.00. The molecule has 31 heavy (non-hydrogen) atoms. The van der Waals surface area contributed by atoms with Gasteiger partial charge in [-0.2, -0.15) is 4.31 Å². The van der Waals surface area contributed by atoms with E-state index < -0.39 is 15.9 Å². The van der Waals surface area contributed by atoms with Gasteiger partial charge in [0.1, 0.15) is 11.6 Å². The molecular weight excluding hydrogens is 419 g/mol. The summed E-state index contributed by atoms with van der Waals surface area (Å²) in [5.74, 6) is -0.355. The van der Waals surface area contributed by atoms with E-state index in [1.54, 1.807) is 48.7 Å². The normalized spacial score (nSPS) is 14.9. The number of sulfonamides is 1. The molecule has 2 aromatic carbocycles. The van der Waals surface area contributed by atoms with E-state index in [4.69, 9.17) is 0 Å². The Morgan fingerprint density at radius 3 is 2.35 bits per heavy atom. The summed E-state index contributed by atoms with van der Waals surface area (Å²) >= 11 is 0. The Labute approximate surface area is 180 Å². The number of hydrogen-bond acceptors (Lipinski definition) is 5. The van der Waals surface area contributed by atoms with Crippen LogP contribution in [0.25, 0.3) is 0 Å². The molecule has 2 heterocycles. The summed E-state index contributed by atoms with van der Waals surface area (Å²) in [4.78, 5) is 18.6. The van der Waals surface area contributed by atoms with Crippen molar-refractivity contribution < 1.29 is 17.6 Å². The monoisotopic (exact) mass is 440 g/mol. The van der Waals surface area contributed by atoms with Gasteiger partial charge in [0.2, 0.25) is 10.0 Å². The Bertz CT molecular complexity index is 1160. The second kappa shape index (κ2) is 8.83. The van der Waals surface area contributed by atoms with Crippen molar-refractivity contribution in [2.75, 3.05) is 36.4 Å². The zero-order valence-electron chi connectivity index (χ0n) is 16.6. The summed E-state index contributed by atoms with van der Waals surface area (Å²) in [6.07, 6.45) is 1.56. The van der Waals surface area contributed by atoms with E-state index in [0.29, 0.717) is 32.0 Å². The number of aromatic nitrogens is 1. The van der Waals surface area contributed by atoms with Crippen LogP contribution in [0.2, 0.25) is 0 Å². The minimum absolute atomic E-state index is 0.0661. The Kier molecular flexibility index (Phi) is 5.97. The van der Waals surface area contributed by atoms with Crippen molar-refractivity contribution in [3.8, 4) is 0 Å². The van der Waals surface area contributed by atoms with E-state index >= 15 is 0 Å². The van der Waals surface area contributed by atoms with Crippen LogP contribution in [0.3, 0.4) is 0 Å². The molecule has 0 spiro atoms. The minimum atomic E-state index is -3.75. The van der Waals surface area contributed by atoms with Crippen LogP contribution >= 0.6 is 0 Å². The van der Waals surface area contributed by atoms with Gasteiger partial charge in [0, 0.05) is 43.6 Å². The molecule has 0 bridgehead atoms. The number of nitrogens with zero attached hydrogens (tertiary/aromatic N) is 3. The lowest BCUT2D eigenvalue weighted by Crippen LogP contribution is -2.48. The highest BCUT2D eigenvalue weighted by Gasteiger charge is 2.29. The number of carbonyl (C=O) groups is 1. The smallest absolute Gasteiger partial charge is 0.256 e. The predicted octanol–water partition coefficient (Wildman–Crippen LogP) is 2.98. The topological polar surface area (TPSA) is 82.6 Å². The van der Waals surface area contributed by atoms with Gasteiger partial charge in [-0.1, -0.05) is 12.1 Å². The first-order valence-electron chi connectivity index (χ1n) is 9.76. The number of nitrogens with one attached hydrogen (secondary N) is 1. The highest BCUT2D eigenvalue weighted by Crippen LogP contribution is 2.22. The SMILES string of the molecule is O=C(Nc1ccccn1)c1cccc(S(=O)(=O)N2CCN(c3ccc(F)cc3)CC2)c1. The minimum Gasteiger partial charge on any atom is -0.369 e. The lowest BCUT2D eigenvalue weighted by molar-refractivity contribution is 0.102. The number of anilines is 2. The van der Waals surface area contributed by atoms with Crippen LogP contribution in [0, 0.1) is 5.82 Å². The third-order valence-electron chi connectivity index (χ3n) is 5.07. The van der Waals surface area contributed by atoms with Crippen molar-refractivity contribution in [2.45, 2.75) is 4.90 Å². The number of hydrogen-bond donors (Lipinski definition) is 1. The maximum atomic E-state index is 13.1. The highest BCUT2D eigenvalue weighted by molar-refractivity contribution is 7.89. The van der Waals surface area contributed by atoms with E-state index in [2.05, 4.69) is 10.3 Å². The van der Waals surface area contributed by atoms with Crippen LogP contribution in [0.15, 0.2) is 77.8 Å². The molecule has 4 rings (SSSR count). The largest absolute Gasteiger partial charge is 0.369 e. The highest BCUT2D eigenvalue weighted by atomic mass is 32.2. The van der Waals surface area contributed by atoms with Gasteiger partial charge in [-0.05, 0) is 54.6 Å². The van der Waals surface area contributed by atoms with E-state index in [1.807, 2.05) is 4.90 Å². The number of pyridine rings is 1. The van der Waals surface area contributed by atoms with Crippen molar-refractivity contribution in [1.82, 2.24) is 9.29 Å². The molecule has 3 aromatic rings. The van der Waals surface area contributed by atoms with Gasteiger partial charge in [0.25, 0.3) is 5.91 Å². The van der Waals surface area contributed by atoms with Gasteiger partial charge in [0.15, 0.2) is 0 Å². The van der Waals surface area contributed by atoms with E-state index in [1.165, 1.54) is 28.6 Å². The van der Waals surface area contributed by atoms with Gasteiger partial charge in [0.05, 0.1) is 4.90 Å². The molecule has 1 N–H and O–H groups in total. The summed E-state index contributed by atoms with van der Waals surface area (Å²) < 4.78 is 40.8. The van der Waals surface area contributed by atoms with E-state index in [0.717, 1.165) is 5.69 Å². The molecule has 0 radical (unpaired) electrons. The van der Waals surface area contributed by atoms with Gasteiger partial charge in [-0.3, -0.25) is 4.79 Å². The van der Waals surface area contributed by atoms with Crippen LogP contribution in [0.5, 0.6) is 0 Å². The fourth-order valence-electron chi connectivity index (χ4n) is 3.41. The van der Waals surface area contributed by atoms with Crippen LogP contribution < -0.4 is 10.2 Å². The van der Waals surface area contributed by atoms with Crippen LogP contribution in [0.1, 0.15) is 10.4 Å². The molecule has 1 fully saturated rings. The van der Waals surface area contributed by atoms with Crippen molar-refractivity contribution in [2.24, 2.45) is 0 Å². The number of benzene rings is 2. The maximum Gasteiger partial charge on any atom is 0.256 e. The molecular formula is C22H21FN4O3S. The van der Waals surface area contributed by atoms with E-state index in [9.17, 15) is 17.6 Å². The van der Waals surface area contributed by atoms with Gasteiger partial charge >= 0.3 is 0 Å². The Morgan fingerprint density at radius 1 is 0.935 bits per heavy atom. The van der Waals surface area contributed by atoms with Gasteiger partial charge in [-0.25, -0.2) is 17.8 Å². The Morgan fingerprint density at radius 2 is 1.68 bits per heavy atom. The summed E-state index contributed by atoms with van der Waals surface area (Å²) in [5, 5.41) is 2.65. The molecule has 9 heteroatoms. The maximum absolute atomic E-state index is 13.1. The molecule has 160 valence electrons. The predicted molar refractivity (Wildman–Crippen MR) is 116 cm³/mol. The lowest BCUT2D eigenvalue weighted by atomic mass is 10.2. The number of piperazine rings is 1. The molecule has 1 aliphatic heterocycles. The van der Waals surface area contributed by atoms with Gasteiger partial charge in [-0.15, -0.1) is 0 Å². The summed E-state index contributed by atoms with van der Waals surface area (Å²) in [6, 6.07) is 17.2. The second-order valence-electron chi connectivity index (χ2n) is 7.06. The molecule has 7 nitrogen and oxygen atoms in total. The Balaban J connectivity index is 1.46. The van der Waals surface area contributed by atoms with Crippen molar-refractivity contribution in [3.63, 3.8) is 0 Å². The number of halogens is 1. The van der Waals surface area contributed by atoms with Crippen LogP contribution in [-0.2, 0) is 10.0 Å². The zero-order chi connectivity index (χ0) is 21.8. The van der Waals surface area contributed by atoms with Crippen LogP contribution in [-0.4, -0.2) is 49.8 Å². The molecule has 0 unspecified atom stereocenters. The number of amides is 1. The standard InChI is InChI=1S/C22H21FN4O3S/c23-18-7-9-19(10-8-18)26-12-14-27(15-13-26)31(29,30)20-5-3-4-17(16-20)22(28)25-21-6-1-2-11-24-21/h1-11,16H,12-15H2,(H,24,25,28). The molecule has 1 aliphatic rings. The molecule has 1 saturated heterocycles. The van der Waals surface area contributed by atoms with E-state index in [-0.39, 0.29) is 16.3 Å².